The molecule has 17 heavy (non-hydrogen) atoms. The average molecular weight is 243 g/mol. The summed E-state index contributed by atoms with van der Waals surface area (Å²) in [6, 6.07) is 2.29. The zero-order valence-corrected chi connectivity index (χ0v) is 9.29. The van der Waals surface area contributed by atoms with Crippen LogP contribution in [0.2, 0.25) is 0 Å². The van der Waals surface area contributed by atoms with Crippen LogP contribution in [0.4, 0.5) is 8.78 Å². The normalized spacial score (nSPS) is 11.8. The van der Waals surface area contributed by atoms with E-state index in [0.717, 1.165) is 19.2 Å². The summed E-state index contributed by atoms with van der Waals surface area (Å²) in [5, 5.41) is 2.19. The fourth-order valence-electron chi connectivity index (χ4n) is 1.19. The minimum atomic E-state index is -1.25. The van der Waals surface area contributed by atoms with Gasteiger partial charge in [0.05, 0.1) is 12.7 Å². The van der Waals surface area contributed by atoms with Gasteiger partial charge in [-0.25, -0.2) is 13.6 Å². The lowest BCUT2D eigenvalue weighted by atomic mass is 10.2. The monoisotopic (exact) mass is 243 g/mol. The number of methoxy groups -OCH3 is 1. The maximum atomic E-state index is 13.2. The topological polar surface area (TPSA) is 55.4 Å². The minimum absolute atomic E-state index is 0.458. The van der Waals surface area contributed by atoms with E-state index >= 15 is 0 Å². The van der Waals surface area contributed by atoms with Gasteiger partial charge in [0, 0.05) is 0 Å². The highest BCUT2D eigenvalue weighted by molar-refractivity contribution is 5.96. The smallest absolute Gasteiger partial charge is 0.328 e. The van der Waals surface area contributed by atoms with Crippen LogP contribution in [-0.4, -0.2) is 25.0 Å². The van der Waals surface area contributed by atoms with Crippen LogP contribution in [-0.2, 0) is 9.53 Å². The van der Waals surface area contributed by atoms with E-state index in [9.17, 15) is 18.4 Å². The summed E-state index contributed by atoms with van der Waals surface area (Å²) >= 11 is 0. The molecular formula is C11H11F2NO3. The molecule has 0 aliphatic carbocycles. The second-order valence-corrected chi connectivity index (χ2v) is 3.32. The molecule has 0 bridgehead atoms. The molecule has 0 heterocycles. The molecule has 0 aliphatic heterocycles. The molecule has 1 aromatic carbocycles. The van der Waals surface area contributed by atoms with Gasteiger partial charge in [-0.1, -0.05) is 6.07 Å². The Labute approximate surface area is 96.6 Å². The Balaban J connectivity index is 2.84. The van der Waals surface area contributed by atoms with Crippen molar-refractivity contribution in [2.75, 3.05) is 7.11 Å². The number of carbonyl (C=O) groups excluding carboxylic acids is 2. The van der Waals surface area contributed by atoms with Crippen molar-refractivity contribution in [3.05, 3.63) is 35.4 Å². The summed E-state index contributed by atoms with van der Waals surface area (Å²) < 4.78 is 30.5. The van der Waals surface area contributed by atoms with Crippen LogP contribution in [0.5, 0.6) is 0 Å². The van der Waals surface area contributed by atoms with Crippen LogP contribution in [0.15, 0.2) is 18.2 Å². The molecule has 1 atom stereocenters. The number of nitrogens with one attached hydrogen (secondary N) is 1. The molecule has 1 rings (SSSR count). The SMILES string of the molecule is COC(=O)[C@@H](C)NC(=O)c1cccc(F)c1F. The van der Waals surface area contributed by atoms with Crippen LogP contribution < -0.4 is 5.32 Å². The number of halogens is 2. The predicted molar refractivity (Wildman–Crippen MR) is 55.3 cm³/mol. The number of benzene rings is 1. The minimum Gasteiger partial charge on any atom is -0.467 e. The van der Waals surface area contributed by atoms with Crippen molar-refractivity contribution in [2.45, 2.75) is 13.0 Å². The molecule has 6 heteroatoms. The van der Waals surface area contributed by atoms with Crippen LogP contribution in [0.25, 0.3) is 0 Å². The first-order valence-electron chi connectivity index (χ1n) is 4.80. The van der Waals surface area contributed by atoms with E-state index in [2.05, 4.69) is 10.1 Å². The van der Waals surface area contributed by atoms with E-state index in [1.54, 1.807) is 0 Å². The Kier molecular flexibility index (Phi) is 4.14. The highest BCUT2D eigenvalue weighted by Gasteiger charge is 2.20. The van der Waals surface area contributed by atoms with Gasteiger partial charge in [0.1, 0.15) is 6.04 Å². The molecule has 0 unspecified atom stereocenters. The fraction of sp³-hybridized carbons (Fsp3) is 0.273. The second kappa shape index (κ2) is 5.38. The molecule has 1 N–H and O–H groups in total. The van der Waals surface area contributed by atoms with Crippen molar-refractivity contribution in [3.63, 3.8) is 0 Å². The van der Waals surface area contributed by atoms with Crippen molar-refractivity contribution in [1.29, 1.82) is 0 Å². The molecule has 4 nitrogen and oxygen atoms in total. The standard InChI is InChI=1S/C11H11F2NO3/c1-6(11(16)17-2)14-10(15)7-4-3-5-8(12)9(7)13/h3-6H,1-2H3,(H,14,15)/t6-/m1/s1. The third kappa shape index (κ3) is 2.99. The highest BCUT2D eigenvalue weighted by atomic mass is 19.2. The number of esters is 1. The molecule has 92 valence electrons. The van der Waals surface area contributed by atoms with Gasteiger partial charge in [-0.15, -0.1) is 0 Å². The summed E-state index contributed by atoms with van der Waals surface area (Å²) in [7, 11) is 1.16. The molecule has 0 aliphatic rings. The Hall–Kier alpha value is -1.98. The number of ether oxygens (including phenoxy) is 1. The number of hydrogen-bond donors (Lipinski definition) is 1. The first-order valence-corrected chi connectivity index (χ1v) is 4.80. The maximum Gasteiger partial charge on any atom is 0.328 e. The van der Waals surface area contributed by atoms with E-state index in [-0.39, 0.29) is 0 Å². The number of rotatable bonds is 3. The van der Waals surface area contributed by atoms with Crippen molar-refractivity contribution < 1.29 is 23.1 Å². The van der Waals surface area contributed by atoms with Crippen molar-refractivity contribution >= 4 is 11.9 Å². The molecule has 0 fully saturated rings. The van der Waals surface area contributed by atoms with E-state index in [0.29, 0.717) is 0 Å². The van der Waals surface area contributed by atoms with Gasteiger partial charge in [0.25, 0.3) is 5.91 Å². The van der Waals surface area contributed by atoms with Gasteiger partial charge in [0.2, 0.25) is 0 Å². The molecular weight excluding hydrogens is 232 g/mol. The molecule has 0 saturated heterocycles. The predicted octanol–water partition coefficient (Wildman–Crippen LogP) is 1.26. The summed E-state index contributed by atoms with van der Waals surface area (Å²) in [4.78, 5) is 22.5. The summed E-state index contributed by atoms with van der Waals surface area (Å²) in [5.41, 5.74) is -0.458. The van der Waals surface area contributed by atoms with Crippen molar-refractivity contribution in [2.24, 2.45) is 0 Å². The van der Waals surface area contributed by atoms with Crippen molar-refractivity contribution in [1.82, 2.24) is 5.32 Å². The lowest BCUT2D eigenvalue weighted by molar-refractivity contribution is -0.142. The Bertz CT molecular complexity index is 448. The second-order valence-electron chi connectivity index (χ2n) is 3.32. The lowest BCUT2D eigenvalue weighted by Crippen LogP contribution is -2.39. The molecule has 0 spiro atoms. The fourth-order valence-corrected chi connectivity index (χ4v) is 1.19. The quantitative estimate of drug-likeness (QED) is 0.813. The summed E-state index contributed by atoms with van der Waals surface area (Å²) in [5.74, 6) is -3.92. The third-order valence-electron chi connectivity index (χ3n) is 2.10. The number of carbonyl (C=O) groups is 2. The van der Waals surface area contributed by atoms with Crippen molar-refractivity contribution in [3.8, 4) is 0 Å². The van der Waals surface area contributed by atoms with E-state index in [1.165, 1.54) is 13.0 Å². The maximum absolute atomic E-state index is 13.2. The van der Waals surface area contributed by atoms with Gasteiger partial charge in [-0.2, -0.15) is 0 Å². The van der Waals surface area contributed by atoms with Crippen LogP contribution in [0.1, 0.15) is 17.3 Å². The first-order chi connectivity index (χ1) is 7.97. The van der Waals surface area contributed by atoms with E-state index in [4.69, 9.17) is 0 Å². The van der Waals surface area contributed by atoms with E-state index in [1.807, 2.05) is 0 Å². The summed E-state index contributed by atoms with van der Waals surface area (Å²) in [6.45, 7) is 1.38. The van der Waals surface area contributed by atoms with Gasteiger partial charge in [-0.3, -0.25) is 4.79 Å². The van der Waals surface area contributed by atoms with Crippen LogP contribution in [0, 0.1) is 11.6 Å². The Morgan fingerprint density at radius 2 is 2.00 bits per heavy atom. The molecule has 1 aromatic rings. The molecule has 0 aromatic heterocycles. The zero-order chi connectivity index (χ0) is 13.0. The Morgan fingerprint density at radius 1 is 1.35 bits per heavy atom. The van der Waals surface area contributed by atoms with Crippen LogP contribution >= 0.6 is 0 Å². The number of hydrogen-bond acceptors (Lipinski definition) is 3. The zero-order valence-electron chi connectivity index (χ0n) is 9.29. The van der Waals surface area contributed by atoms with Gasteiger partial charge in [-0.05, 0) is 19.1 Å². The summed E-state index contributed by atoms with van der Waals surface area (Å²) in [6.07, 6.45) is 0. The van der Waals surface area contributed by atoms with Gasteiger partial charge in [0.15, 0.2) is 11.6 Å². The average Bonchev–Trinajstić information content (AvgIpc) is 2.31. The third-order valence-corrected chi connectivity index (χ3v) is 2.10. The number of amides is 1. The molecule has 0 radical (unpaired) electrons. The van der Waals surface area contributed by atoms with Gasteiger partial charge >= 0.3 is 5.97 Å². The molecule has 0 saturated carbocycles. The molecule has 1 amide bonds. The lowest BCUT2D eigenvalue weighted by Gasteiger charge is -2.11. The highest BCUT2D eigenvalue weighted by Crippen LogP contribution is 2.11. The van der Waals surface area contributed by atoms with E-state index < -0.39 is 35.1 Å². The first kappa shape index (κ1) is 13.1. The van der Waals surface area contributed by atoms with Gasteiger partial charge < -0.3 is 10.1 Å². The largest absolute Gasteiger partial charge is 0.467 e. The Morgan fingerprint density at radius 3 is 2.59 bits per heavy atom. The van der Waals surface area contributed by atoms with Crippen LogP contribution in [0.3, 0.4) is 0 Å².